The molecule has 0 bridgehead atoms. The third-order valence-electron chi connectivity index (χ3n) is 4.90. The first-order valence-corrected chi connectivity index (χ1v) is 10.9. The van der Waals surface area contributed by atoms with Gasteiger partial charge in [-0.1, -0.05) is 89.6 Å². The summed E-state index contributed by atoms with van der Waals surface area (Å²) in [7, 11) is 0. The Morgan fingerprint density at radius 2 is 1.60 bits per heavy atom. The molecule has 0 aromatic heterocycles. The zero-order valence-corrected chi connectivity index (χ0v) is 18.4. The number of alkyl carbamates (subject to hydrolysis) is 1. The first-order valence-electron chi connectivity index (χ1n) is 10.9. The lowest BCUT2D eigenvalue weighted by Gasteiger charge is -2.23. The number of unbranched alkanes of at least 4 members (excludes halogenated alkanes) is 5. The minimum absolute atomic E-state index is 0.0922. The van der Waals surface area contributed by atoms with E-state index in [1.54, 1.807) is 13.8 Å². The maximum absolute atomic E-state index is 12.6. The van der Waals surface area contributed by atoms with E-state index >= 15 is 0 Å². The monoisotopic (exact) mass is 420 g/mol. The smallest absolute Gasteiger partial charge is 0.408 e. The Labute approximate surface area is 179 Å². The molecule has 0 saturated carbocycles. The molecule has 0 fully saturated rings. The third kappa shape index (κ3) is 10.3. The lowest BCUT2D eigenvalue weighted by atomic mass is 10.0. The van der Waals surface area contributed by atoms with E-state index in [4.69, 9.17) is 4.74 Å². The summed E-state index contributed by atoms with van der Waals surface area (Å²) in [5, 5.41) is 14.6. The molecule has 0 aliphatic heterocycles. The molecule has 2 atom stereocenters. The molecule has 0 unspecified atom stereocenters. The number of ether oxygens (including phenoxy) is 1. The molecule has 168 valence electrons. The zero-order chi connectivity index (χ0) is 22.4. The number of hydrogen-bond donors (Lipinski definition) is 3. The van der Waals surface area contributed by atoms with Crippen LogP contribution in [0, 0.1) is 5.92 Å². The Morgan fingerprint density at radius 3 is 2.20 bits per heavy atom. The van der Waals surface area contributed by atoms with Gasteiger partial charge in [0.1, 0.15) is 18.7 Å². The summed E-state index contributed by atoms with van der Waals surface area (Å²) in [6.45, 7) is 5.80. The molecule has 1 aromatic rings. The summed E-state index contributed by atoms with van der Waals surface area (Å²) < 4.78 is 5.18. The average molecular weight is 421 g/mol. The molecule has 0 saturated heterocycles. The van der Waals surface area contributed by atoms with Gasteiger partial charge in [0.25, 0.3) is 0 Å². The first kappa shape index (κ1) is 25.5. The number of amides is 2. The summed E-state index contributed by atoms with van der Waals surface area (Å²) in [6, 6.07) is 7.38. The van der Waals surface area contributed by atoms with Crippen LogP contribution in [0.4, 0.5) is 4.79 Å². The van der Waals surface area contributed by atoms with Crippen LogP contribution in [0.3, 0.4) is 0 Å². The van der Waals surface area contributed by atoms with Crippen molar-refractivity contribution in [3.8, 4) is 0 Å². The molecule has 0 aliphatic rings. The van der Waals surface area contributed by atoms with Crippen molar-refractivity contribution in [2.75, 3.05) is 0 Å². The Morgan fingerprint density at radius 1 is 0.967 bits per heavy atom. The third-order valence-corrected chi connectivity index (χ3v) is 4.90. The highest BCUT2D eigenvalue weighted by Gasteiger charge is 2.28. The fraction of sp³-hybridized carbons (Fsp3) is 0.609. The number of carbonyl (C=O) groups is 3. The number of rotatable bonds is 14. The van der Waals surface area contributed by atoms with Crippen LogP contribution in [0.25, 0.3) is 0 Å². The van der Waals surface area contributed by atoms with Gasteiger partial charge < -0.3 is 20.5 Å². The van der Waals surface area contributed by atoms with Gasteiger partial charge in [0.15, 0.2) is 0 Å². The highest BCUT2D eigenvalue weighted by atomic mass is 16.5. The minimum Gasteiger partial charge on any atom is -0.480 e. The predicted molar refractivity (Wildman–Crippen MR) is 116 cm³/mol. The number of hydrogen-bond acceptors (Lipinski definition) is 4. The van der Waals surface area contributed by atoms with E-state index in [2.05, 4.69) is 17.6 Å². The van der Waals surface area contributed by atoms with Crippen molar-refractivity contribution in [2.24, 2.45) is 5.92 Å². The quantitative estimate of drug-likeness (QED) is 0.390. The van der Waals surface area contributed by atoms with Crippen LogP contribution in [0.15, 0.2) is 30.3 Å². The van der Waals surface area contributed by atoms with E-state index in [0.29, 0.717) is 6.42 Å². The fourth-order valence-electron chi connectivity index (χ4n) is 3.07. The molecule has 7 nitrogen and oxygen atoms in total. The predicted octanol–water partition coefficient (Wildman–Crippen LogP) is 4.26. The number of nitrogens with one attached hydrogen (secondary N) is 2. The van der Waals surface area contributed by atoms with Crippen LogP contribution in [0.2, 0.25) is 0 Å². The molecule has 0 radical (unpaired) electrons. The Balaban J connectivity index is 2.52. The maximum atomic E-state index is 12.6. The van der Waals surface area contributed by atoms with Gasteiger partial charge in [0.2, 0.25) is 5.91 Å². The standard InChI is InChI=1S/C23H36N2O5/c1-4-5-6-7-8-12-15-19(22(27)28)24-21(26)20(17(2)3)25-23(29)30-16-18-13-10-9-11-14-18/h9-11,13-14,17,19-20H,4-8,12,15-16H2,1-3H3,(H,24,26)(H,25,29)(H,27,28)/t19-,20-/m1/s1. The van der Waals surface area contributed by atoms with E-state index in [1.807, 2.05) is 30.3 Å². The van der Waals surface area contributed by atoms with Crippen LogP contribution >= 0.6 is 0 Å². The summed E-state index contributed by atoms with van der Waals surface area (Å²) in [6.07, 6.45) is 5.89. The Kier molecular flexibility index (Phi) is 12.2. The van der Waals surface area contributed by atoms with Crippen molar-refractivity contribution < 1.29 is 24.2 Å². The van der Waals surface area contributed by atoms with Crippen LogP contribution in [0.1, 0.15) is 71.3 Å². The van der Waals surface area contributed by atoms with E-state index in [0.717, 1.165) is 37.7 Å². The van der Waals surface area contributed by atoms with E-state index in [1.165, 1.54) is 6.42 Å². The zero-order valence-electron chi connectivity index (χ0n) is 18.4. The second-order valence-electron chi connectivity index (χ2n) is 7.88. The molecule has 0 aliphatic carbocycles. The summed E-state index contributed by atoms with van der Waals surface area (Å²) >= 11 is 0. The second kappa shape index (κ2) is 14.4. The van der Waals surface area contributed by atoms with E-state index in [-0.39, 0.29) is 12.5 Å². The van der Waals surface area contributed by atoms with Crippen LogP contribution in [-0.4, -0.2) is 35.2 Å². The molecule has 2 amide bonds. The van der Waals surface area contributed by atoms with Crippen molar-refractivity contribution >= 4 is 18.0 Å². The first-order chi connectivity index (χ1) is 14.3. The topological polar surface area (TPSA) is 105 Å². The van der Waals surface area contributed by atoms with Crippen molar-refractivity contribution in [3.05, 3.63) is 35.9 Å². The van der Waals surface area contributed by atoms with Crippen molar-refractivity contribution in [3.63, 3.8) is 0 Å². The van der Waals surface area contributed by atoms with Crippen LogP contribution < -0.4 is 10.6 Å². The number of aliphatic carboxylic acids is 1. The van der Waals surface area contributed by atoms with Crippen molar-refractivity contribution in [1.82, 2.24) is 10.6 Å². The molecule has 7 heteroatoms. The van der Waals surface area contributed by atoms with Gasteiger partial charge in [0.05, 0.1) is 0 Å². The lowest BCUT2D eigenvalue weighted by molar-refractivity contribution is -0.142. The second-order valence-corrected chi connectivity index (χ2v) is 7.88. The van der Waals surface area contributed by atoms with Gasteiger partial charge in [0, 0.05) is 0 Å². The number of carboxylic acid groups (broad SMARTS) is 1. The van der Waals surface area contributed by atoms with Crippen molar-refractivity contribution in [2.45, 2.75) is 84.4 Å². The molecule has 30 heavy (non-hydrogen) atoms. The Hall–Kier alpha value is -2.57. The molecule has 3 N–H and O–H groups in total. The number of carbonyl (C=O) groups excluding carboxylic acids is 2. The number of carboxylic acids is 1. The summed E-state index contributed by atoms with van der Waals surface area (Å²) in [5.74, 6) is -1.80. The molecule has 0 heterocycles. The van der Waals surface area contributed by atoms with Crippen LogP contribution in [0.5, 0.6) is 0 Å². The highest BCUT2D eigenvalue weighted by Crippen LogP contribution is 2.10. The van der Waals surface area contributed by atoms with E-state index in [9.17, 15) is 19.5 Å². The van der Waals surface area contributed by atoms with E-state index < -0.39 is 30.1 Å². The lowest BCUT2D eigenvalue weighted by Crippen LogP contribution is -2.53. The van der Waals surface area contributed by atoms with Crippen molar-refractivity contribution in [1.29, 1.82) is 0 Å². The summed E-state index contributed by atoms with van der Waals surface area (Å²) in [5.41, 5.74) is 0.836. The normalized spacial score (nSPS) is 12.8. The highest BCUT2D eigenvalue weighted by molar-refractivity contribution is 5.89. The van der Waals surface area contributed by atoms with Gasteiger partial charge in [-0.05, 0) is 17.9 Å². The van der Waals surface area contributed by atoms with Crippen LogP contribution in [-0.2, 0) is 20.9 Å². The largest absolute Gasteiger partial charge is 0.480 e. The average Bonchev–Trinajstić information content (AvgIpc) is 2.72. The van der Waals surface area contributed by atoms with Gasteiger partial charge in [-0.2, -0.15) is 0 Å². The van der Waals surface area contributed by atoms with Gasteiger partial charge in [-0.3, -0.25) is 4.79 Å². The van der Waals surface area contributed by atoms with Gasteiger partial charge in [-0.25, -0.2) is 9.59 Å². The summed E-state index contributed by atoms with van der Waals surface area (Å²) in [4.78, 5) is 36.3. The maximum Gasteiger partial charge on any atom is 0.408 e. The molecular formula is C23H36N2O5. The molecule has 1 rings (SSSR count). The molecule has 0 spiro atoms. The minimum atomic E-state index is -1.06. The molecule has 1 aromatic carbocycles. The SMILES string of the molecule is CCCCCCCC[C@@H](NC(=O)[C@H](NC(=O)OCc1ccccc1)C(C)C)C(=O)O. The van der Waals surface area contributed by atoms with Gasteiger partial charge in [-0.15, -0.1) is 0 Å². The molecular weight excluding hydrogens is 384 g/mol. The van der Waals surface area contributed by atoms with Gasteiger partial charge >= 0.3 is 12.1 Å². The number of benzene rings is 1. The Bertz CT molecular complexity index is 648. The fourth-order valence-corrected chi connectivity index (χ4v) is 3.07.